The van der Waals surface area contributed by atoms with Crippen molar-refractivity contribution in [1.82, 2.24) is 4.57 Å². The van der Waals surface area contributed by atoms with E-state index < -0.39 is 17.8 Å². The fraction of sp³-hybridized carbons (Fsp3) is 0.150. The van der Waals surface area contributed by atoms with Gasteiger partial charge in [0.05, 0.1) is 29.0 Å². The number of rotatable bonds is 3. The summed E-state index contributed by atoms with van der Waals surface area (Å²) in [5.74, 6) is -0.961. The largest absolute Gasteiger partial charge is 0.466 e. The number of allylic oxidation sites excluding steroid dienone is 1. The lowest BCUT2D eigenvalue weighted by atomic mass is 9.96. The van der Waals surface area contributed by atoms with Gasteiger partial charge in [0, 0.05) is 4.88 Å². The monoisotopic (exact) mass is 414 g/mol. The lowest BCUT2D eigenvalue weighted by Gasteiger charge is -2.24. The second-order valence-corrected chi connectivity index (χ2v) is 8.13. The SMILES string of the molecule is COC(=O)C1=C(C)N=c2s/c(=C\c3cccs3)c(=O)n2C1c1ccc(F)cc1. The number of thiazole rings is 1. The minimum absolute atomic E-state index is 0.250. The van der Waals surface area contributed by atoms with Gasteiger partial charge in [0.2, 0.25) is 0 Å². The van der Waals surface area contributed by atoms with Crippen molar-refractivity contribution in [1.29, 1.82) is 0 Å². The first-order valence-corrected chi connectivity index (χ1v) is 10.1. The van der Waals surface area contributed by atoms with Crippen LogP contribution < -0.4 is 14.9 Å². The van der Waals surface area contributed by atoms with Crippen LogP contribution in [0.15, 0.2) is 62.8 Å². The number of thiophene rings is 1. The van der Waals surface area contributed by atoms with Crippen LogP contribution in [0.2, 0.25) is 0 Å². The molecular weight excluding hydrogens is 399 g/mol. The molecule has 0 radical (unpaired) electrons. The fourth-order valence-electron chi connectivity index (χ4n) is 3.16. The summed E-state index contributed by atoms with van der Waals surface area (Å²) in [6, 6.07) is 8.85. The predicted molar refractivity (Wildman–Crippen MR) is 107 cm³/mol. The summed E-state index contributed by atoms with van der Waals surface area (Å²) < 4.78 is 20.4. The zero-order valence-corrected chi connectivity index (χ0v) is 16.6. The molecule has 4 rings (SSSR count). The molecule has 3 aromatic rings. The molecule has 0 N–H and O–H groups in total. The first-order valence-electron chi connectivity index (χ1n) is 8.39. The van der Waals surface area contributed by atoms with Crippen molar-refractivity contribution < 1.29 is 13.9 Å². The maximum atomic E-state index is 13.5. The van der Waals surface area contributed by atoms with E-state index in [-0.39, 0.29) is 11.1 Å². The Bertz CT molecular complexity index is 1250. The van der Waals surface area contributed by atoms with Gasteiger partial charge in [-0.1, -0.05) is 29.5 Å². The third kappa shape index (κ3) is 3.14. The van der Waals surface area contributed by atoms with Gasteiger partial charge in [0.15, 0.2) is 4.80 Å². The molecule has 0 aliphatic carbocycles. The van der Waals surface area contributed by atoms with Gasteiger partial charge in [-0.05, 0) is 42.1 Å². The first-order chi connectivity index (χ1) is 13.5. The highest BCUT2D eigenvalue weighted by Gasteiger charge is 2.33. The molecule has 5 nitrogen and oxygen atoms in total. The summed E-state index contributed by atoms with van der Waals surface area (Å²) in [6.45, 7) is 1.71. The lowest BCUT2D eigenvalue weighted by Crippen LogP contribution is -2.39. The second kappa shape index (κ2) is 7.29. The summed E-state index contributed by atoms with van der Waals surface area (Å²) in [5, 5.41) is 1.93. The van der Waals surface area contributed by atoms with Crippen molar-refractivity contribution in [2.45, 2.75) is 13.0 Å². The van der Waals surface area contributed by atoms with Gasteiger partial charge in [0.25, 0.3) is 5.56 Å². The first kappa shape index (κ1) is 18.5. The normalized spacial score (nSPS) is 16.7. The molecule has 1 unspecified atom stereocenters. The maximum Gasteiger partial charge on any atom is 0.338 e. The quantitative estimate of drug-likeness (QED) is 0.619. The standard InChI is InChI=1S/C20H15FN2O3S2/c1-11-16(19(25)26-2)17(12-5-7-13(21)8-6-12)23-18(24)15(28-20(23)22-11)10-14-4-3-9-27-14/h3-10,17H,1-2H3/b15-10-. The Morgan fingerprint density at radius 2 is 2.04 bits per heavy atom. The van der Waals surface area contributed by atoms with Crippen LogP contribution >= 0.6 is 22.7 Å². The molecule has 3 heterocycles. The van der Waals surface area contributed by atoms with E-state index in [0.29, 0.717) is 20.6 Å². The minimum Gasteiger partial charge on any atom is -0.466 e. The van der Waals surface area contributed by atoms with Gasteiger partial charge in [-0.2, -0.15) is 0 Å². The van der Waals surface area contributed by atoms with E-state index >= 15 is 0 Å². The van der Waals surface area contributed by atoms with Crippen molar-refractivity contribution in [2.24, 2.45) is 4.99 Å². The number of ether oxygens (including phenoxy) is 1. The van der Waals surface area contributed by atoms with Crippen molar-refractivity contribution >= 4 is 34.7 Å². The van der Waals surface area contributed by atoms with E-state index in [1.165, 1.54) is 46.5 Å². The molecule has 0 saturated heterocycles. The van der Waals surface area contributed by atoms with Crippen LogP contribution in [-0.4, -0.2) is 17.6 Å². The van der Waals surface area contributed by atoms with Crippen LogP contribution in [0.3, 0.4) is 0 Å². The predicted octanol–water partition coefficient (Wildman–Crippen LogP) is 2.61. The molecule has 2 aromatic heterocycles. The van der Waals surface area contributed by atoms with Crippen LogP contribution in [0.5, 0.6) is 0 Å². The Kier molecular flexibility index (Phi) is 4.82. The fourth-order valence-corrected chi connectivity index (χ4v) is 4.93. The zero-order chi connectivity index (χ0) is 19.8. The number of halogens is 1. The van der Waals surface area contributed by atoms with E-state index in [2.05, 4.69) is 4.99 Å². The molecule has 0 bridgehead atoms. The highest BCUT2D eigenvalue weighted by molar-refractivity contribution is 7.11. The van der Waals surface area contributed by atoms with Gasteiger partial charge < -0.3 is 4.74 Å². The average Bonchev–Trinajstić information content (AvgIpc) is 3.29. The molecule has 1 atom stereocenters. The summed E-state index contributed by atoms with van der Waals surface area (Å²) in [4.78, 5) is 31.6. The molecule has 142 valence electrons. The number of fused-ring (bicyclic) bond motifs is 1. The second-order valence-electron chi connectivity index (χ2n) is 6.14. The number of carbonyl (C=O) groups is 1. The number of hydrogen-bond acceptors (Lipinski definition) is 6. The van der Waals surface area contributed by atoms with E-state index in [1.54, 1.807) is 19.1 Å². The molecule has 8 heteroatoms. The molecule has 0 amide bonds. The van der Waals surface area contributed by atoms with Gasteiger partial charge in [-0.15, -0.1) is 11.3 Å². The van der Waals surface area contributed by atoms with Crippen molar-refractivity contribution in [3.63, 3.8) is 0 Å². The number of methoxy groups -OCH3 is 1. The number of esters is 1. The summed E-state index contributed by atoms with van der Waals surface area (Å²) in [7, 11) is 1.28. The number of nitrogens with zero attached hydrogens (tertiary/aromatic N) is 2. The van der Waals surface area contributed by atoms with Crippen molar-refractivity contribution in [3.8, 4) is 0 Å². The smallest absolute Gasteiger partial charge is 0.338 e. The van der Waals surface area contributed by atoms with Crippen LogP contribution in [0, 0.1) is 5.82 Å². The molecule has 0 fully saturated rings. The number of carbonyl (C=O) groups excluding carboxylic acids is 1. The van der Waals surface area contributed by atoms with Gasteiger partial charge in [0.1, 0.15) is 5.82 Å². The van der Waals surface area contributed by atoms with E-state index in [4.69, 9.17) is 4.74 Å². The Balaban J connectivity index is 2.00. The Labute approximate surface area is 167 Å². The molecule has 1 aliphatic heterocycles. The van der Waals surface area contributed by atoms with Gasteiger partial charge >= 0.3 is 5.97 Å². The van der Waals surface area contributed by atoms with E-state index in [0.717, 1.165) is 4.88 Å². The molecular formula is C20H15FN2O3S2. The van der Waals surface area contributed by atoms with Gasteiger partial charge in [-0.3, -0.25) is 9.36 Å². The summed E-state index contributed by atoms with van der Waals surface area (Å²) in [6.07, 6.45) is 1.81. The third-order valence-electron chi connectivity index (χ3n) is 4.43. The van der Waals surface area contributed by atoms with Gasteiger partial charge in [-0.25, -0.2) is 14.2 Å². The zero-order valence-electron chi connectivity index (χ0n) is 15.0. The summed E-state index contributed by atoms with van der Waals surface area (Å²) >= 11 is 2.79. The topological polar surface area (TPSA) is 60.7 Å². The molecule has 0 spiro atoms. The molecule has 28 heavy (non-hydrogen) atoms. The van der Waals surface area contributed by atoms with Crippen LogP contribution in [-0.2, 0) is 9.53 Å². The maximum absolute atomic E-state index is 13.5. The van der Waals surface area contributed by atoms with E-state index in [1.807, 2.05) is 23.6 Å². The summed E-state index contributed by atoms with van der Waals surface area (Å²) in [5.41, 5.74) is 1.11. The number of hydrogen-bond donors (Lipinski definition) is 0. The minimum atomic E-state index is -0.727. The van der Waals surface area contributed by atoms with Crippen LogP contribution in [0.4, 0.5) is 4.39 Å². The average molecular weight is 414 g/mol. The van der Waals surface area contributed by atoms with Crippen LogP contribution in [0.1, 0.15) is 23.4 Å². The Hall–Kier alpha value is -2.84. The Morgan fingerprint density at radius 3 is 2.68 bits per heavy atom. The Morgan fingerprint density at radius 1 is 1.29 bits per heavy atom. The molecule has 1 aliphatic rings. The third-order valence-corrected chi connectivity index (χ3v) is 6.23. The lowest BCUT2D eigenvalue weighted by molar-refractivity contribution is -0.136. The van der Waals surface area contributed by atoms with Crippen LogP contribution in [0.25, 0.3) is 6.08 Å². The molecule has 0 saturated carbocycles. The number of benzene rings is 1. The number of aromatic nitrogens is 1. The van der Waals surface area contributed by atoms with Crippen molar-refractivity contribution in [2.75, 3.05) is 7.11 Å². The molecule has 1 aromatic carbocycles. The van der Waals surface area contributed by atoms with E-state index in [9.17, 15) is 14.0 Å². The highest BCUT2D eigenvalue weighted by Crippen LogP contribution is 2.30. The van der Waals surface area contributed by atoms with Crippen molar-refractivity contribution in [3.05, 3.63) is 89.0 Å². The highest BCUT2D eigenvalue weighted by atomic mass is 32.1.